The summed E-state index contributed by atoms with van der Waals surface area (Å²) in [6.07, 6.45) is -3.51. The molecule has 0 saturated heterocycles. The molecule has 0 aliphatic heterocycles. The molecule has 2 nitrogen and oxygen atoms in total. The zero-order valence-electron chi connectivity index (χ0n) is 9.32. The molecule has 0 saturated carbocycles. The number of aliphatic hydroxyl groups is 1. The highest BCUT2D eigenvalue weighted by Gasteiger charge is 2.25. The number of hydrogen-bond donors (Lipinski definition) is 2. The molecular weight excluding hydrogens is 207 g/mol. The van der Waals surface area contributed by atoms with Crippen LogP contribution in [0, 0.1) is 0 Å². The number of rotatable bonds is 7. The number of alkyl halides is 3. The average molecular weight is 227 g/mol. The van der Waals surface area contributed by atoms with Gasteiger partial charge in [-0.1, -0.05) is 6.92 Å². The minimum Gasteiger partial charge on any atom is -0.389 e. The third-order valence-electron chi connectivity index (χ3n) is 2.33. The zero-order valence-corrected chi connectivity index (χ0v) is 9.32. The fraction of sp³-hybridized carbons (Fsp3) is 1.00. The second-order valence-electron chi connectivity index (χ2n) is 4.10. The van der Waals surface area contributed by atoms with Gasteiger partial charge in [0, 0.05) is 13.0 Å². The smallest absolute Gasteiger partial charge is 0.389 e. The summed E-state index contributed by atoms with van der Waals surface area (Å²) < 4.78 is 35.2. The minimum absolute atomic E-state index is 0.144. The predicted molar refractivity (Wildman–Crippen MR) is 53.7 cm³/mol. The van der Waals surface area contributed by atoms with Crippen molar-refractivity contribution in [1.29, 1.82) is 0 Å². The predicted octanol–water partition coefficient (Wildman–Crippen LogP) is 2.47. The summed E-state index contributed by atoms with van der Waals surface area (Å²) in [5.74, 6) is 0. The van der Waals surface area contributed by atoms with Crippen molar-refractivity contribution in [1.82, 2.24) is 5.32 Å². The van der Waals surface area contributed by atoms with Gasteiger partial charge >= 0.3 is 6.18 Å². The van der Waals surface area contributed by atoms with Crippen molar-refractivity contribution in [3.63, 3.8) is 0 Å². The first-order valence-corrected chi connectivity index (χ1v) is 5.27. The second kappa shape index (κ2) is 6.33. The van der Waals surface area contributed by atoms with Crippen LogP contribution in [0.25, 0.3) is 0 Å². The van der Waals surface area contributed by atoms with Crippen LogP contribution in [-0.2, 0) is 0 Å². The Morgan fingerprint density at radius 2 is 1.80 bits per heavy atom. The lowest BCUT2D eigenvalue weighted by atomic mass is 10.0. The Bertz CT molecular complexity index is 169. The van der Waals surface area contributed by atoms with E-state index in [1.807, 2.05) is 6.92 Å². The number of nitrogens with one attached hydrogen (secondary N) is 1. The highest BCUT2D eigenvalue weighted by Crippen LogP contribution is 2.21. The van der Waals surface area contributed by atoms with Crippen LogP contribution in [0.2, 0.25) is 0 Å². The van der Waals surface area contributed by atoms with Crippen molar-refractivity contribution in [2.75, 3.05) is 13.1 Å². The molecule has 2 N–H and O–H groups in total. The van der Waals surface area contributed by atoms with Gasteiger partial charge in [0.2, 0.25) is 0 Å². The first kappa shape index (κ1) is 14.7. The van der Waals surface area contributed by atoms with Gasteiger partial charge in [-0.25, -0.2) is 0 Å². The van der Waals surface area contributed by atoms with E-state index in [2.05, 4.69) is 5.32 Å². The lowest BCUT2D eigenvalue weighted by Crippen LogP contribution is -2.37. The highest BCUT2D eigenvalue weighted by atomic mass is 19.4. The molecule has 0 aliphatic rings. The van der Waals surface area contributed by atoms with Crippen LogP contribution in [0.4, 0.5) is 13.2 Å². The van der Waals surface area contributed by atoms with Crippen LogP contribution in [-0.4, -0.2) is 30.0 Å². The van der Waals surface area contributed by atoms with Crippen LogP contribution in [0.15, 0.2) is 0 Å². The molecule has 0 fully saturated rings. The topological polar surface area (TPSA) is 32.3 Å². The van der Waals surface area contributed by atoms with Crippen LogP contribution < -0.4 is 5.32 Å². The van der Waals surface area contributed by atoms with Gasteiger partial charge in [-0.05, 0) is 32.7 Å². The van der Waals surface area contributed by atoms with Crippen LogP contribution in [0.3, 0.4) is 0 Å². The van der Waals surface area contributed by atoms with Crippen molar-refractivity contribution in [2.45, 2.75) is 51.3 Å². The maximum atomic E-state index is 11.7. The van der Waals surface area contributed by atoms with E-state index in [-0.39, 0.29) is 6.42 Å². The molecule has 0 rings (SSSR count). The van der Waals surface area contributed by atoms with Crippen LogP contribution in [0.5, 0.6) is 0 Å². The Morgan fingerprint density at radius 3 is 2.27 bits per heavy atom. The SMILES string of the molecule is CCC(C)(O)CNCCCCC(F)(F)F. The second-order valence-corrected chi connectivity index (χ2v) is 4.10. The number of halogens is 3. The van der Waals surface area contributed by atoms with Crippen molar-refractivity contribution >= 4 is 0 Å². The molecular formula is C10H20F3NO. The van der Waals surface area contributed by atoms with E-state index < -0.39 is 18.2 Å². The van der Waals surface area contributed by atoms with Crippen LogP contribution >= 0.6 is 0 Å². The maximum Gasteiger partial charge on any atom is 0.389 e. The summed E-state index contributed by atoms with van der Waals surface area (Å²) in [7, 11) is 0. The summed E-state index contributed by atoms with van der Waals surface area (Å²) in [6.45, 7) is 4.52. The molecule has 0 amide bonds. The molecule has 1 unspecified atom stereocenters. The molecule has 0 bridgehead atoms. The first-order valence-electron chi connectivity index (χ1n) is 5.27. The van der Waals surface area contributed by atoms with Crippen molar-refractivity contribution in [2.24, 2.45) is 0 Å². The van der Waals surface area contributed by atoms with Crippen molar-refractivity contribution in [3.05, 3.63) is 0 Å². The van der Waals surface area contributed by atoms with Gasteiger partial charge in [0.15, 0.2) is 0 Å². The van der Waals surface area contributed by atoms with Gasteiger partial charge in [0.05, 0.1) is 5.60 Å². The van der Waals surface area contributed by atoms with E-state index in [4.69, 9.17) is 0 Å². The monoisotopic (exact) mass is 227 g/mol. The fourth-order valence-electron chi connectivity index (χ4n) is 1.06. The quantitative estimate of drug-likeness (QED) is 0.655. The molecule has 1 atom stereocenters. The third kappa shape index (κ3) is 10.0. The third-order valence-corrected chi connectivity index (χ3v) is 2.33. The van der Waals surface area contributed by atoms with E-state index in [0.29, 0.717) is 25.9 Å². The standard InChI is InChI=1S/C10H20F3NO/c1-3-9(2,15)8-14-7-5-4-6-10(11,12)13/h14-15H,3-8H2,1-2H3. The van der Waals surface area contributed by atoms with E-state index in [9.17, 15) is 18.3 Å². The highest BCUT2D eigenvalue weighted by molar-refractivity contribution is 4.72. The minimum atomic E-state index is -4.05. The number of unbranched alkanes of at least 4 members (excludes halogenated alkanes) is 1. The van der Waals surface area contributed by atoms with Gasteiger partial charge in [-0.15, -0.1) is 0 Å². The molecule has 0 spiro atoms. The Balaban J connectivity index is 3.33. The van der Waals surface area contributed by atoms with E-state index >= 15 is 0 Å². The molecule has 15 heavy (non-hydrogen) atoms. The summed E-state index contributed by atoms with van der Waals surface area (Å²) >= 11 is 0. The van der Waals surface area contributed by atoms with Gasteiger partial charge in [-0.2, -0.15) is 13.2 Å². The Kier molecular flexibility index (Phi) is 6.20. The van der Waals surface area contributed by atoms with Crippen LogP contribution in [0.1, 0.15) is 39.5 Å². The molecule has 92 valence electrons. The largest absolute Gasteiger partial charge is 0.389 e. The fourth-order valence-corrected chi connectivity index (χ4v) is 1.06. The normalized spacial score (nSPS) is 16.4. The number of hydrogen-bond acceptors (Lipinski definition) is 2. The Labute approximate surface area is 88.9 Å². The van der Waals surface area contributed by atoms with Gasteiger partial charge in [0.1, 0.15) is 0 Å². The van der Waals surface area contributed by atoms with E-state index in [1.54, 1.807) is 6.92 Å². The average Bonchev–Trinajstić information content (AvgIpc) is 2.09. The molecule has 0 radical (unpaired) electrons. The molecule has 0 aliphatic carbocycles. The Morgan fingerprint density at radius 1 is 1.20 bits per heavy atom. The lowest BCUT2D eigenvalue weighted by molar-refractivity contribution is -0.135. The first-order chi connectivity index (χ1) is 6.77. The summed E-state index contributed by atoms with van der Waals surface area (Å²) in [5.41, 5.74) is -0.760. The zero-order chi connectivity index (χ0) is 11.9. The molecule has 0 heterocycles. The van der Waals surface area contributed by atoms with Gasteiger partial charge in [0.25, 0.3) is 0 Å². The molecule has 0 aromatic heterocycles. The summed E-state index contributed by atoms with van der Waals surface area (Å²) in [5, 5.41) is 12.5. The summed E-state index contributed by atoms with van der Waals surface area (Å²) in [6, 6.07) is 0. The summed E-state index contributed by atoms with van der Waals surface area (Å²) in [4.78, 5) is 0. The van der Waals surface area contributed by atoms with Gasteiger partial charge in [-0.3, -0.25) is 0 Å². The van der Waals surface area contributed by atoms with Crippen molar-refractivity contribution in [3.8, 4) is 0 Å². The molecule has 5 heteroatoms. The van der Waals surface area contributed by atoms with Gasteiger partial charge < -0.3 is 10.4 Å². The Hall–Kier alpha value is -0.290. The van der Waals surface area contributed by atoms with E-state index in [0.717, 1.165) is 0 Å². The van der Waals surface area contributed by atoms with E-state index in [1.165, 1.54) is 0 Å². The molecule has 0 aromatic rings. The van der Waals surface area contributed by atoms with Crippen molar-refractivity contribution < 1.29 is 18.3 Å². The lowest BCUT2D eigenvalue weighted by Gasteiger charge is -2.21. The maximum absolute atomic E-state index is 11.7. The molecule has 0 aromatic carbocycles.